The topological polar surface area (TPSA) is 83.0 Å². The summed E-state index contributed by atoms with van der Waals surface area (Å²) in [5.41, 5.74) is -0.682. The Labute approximate surface area is 192 Å². The Kier molecular flexibility index (Phi) is 5.00. The van der Waals surface area contributed by atoms with Crippen molar-refractivity contribution in [2.24, 2.45) is 13.0 Å². The summed E-state index contributed by atoms with van der Waals surface area (Å²) < 4.78 is 53.3. The molecule has 2 aromatic carbocycles. The number of benzene rings is 2. The van der Waals surface area contributed by atoms with Crippen molar-refractivity contribution in [1.29, 1.82) is 0 Å². The number of aromatic nitrogens is 4. The van der Waals surface area contributed by atoms with Crippen LogP contribution in [0, 0.1) is 5.92 Å². The third-order valence-corrected chi connectivity index (χ3v) is 6.41. The molecule has 176 valence electrons. The number of ether oxygens (including phenoxy) is 1. The second-order valence-corrected chi connectivity index (χ2v) is 8.82. The molecular weight excluding hydrogens is 449 g/mol. The summed E-state index contributed by atoms with van der Waals surface area (Å²) in [7, 11) is 3.00. The van der Waals surface area contributed by atoms with Gasteiger partial charge in [-0.15, -0.1) is 10.2 Å². The van der Waals surface area contributed by atoms with E-state index in [1.165, 1.54) is 6.07 Å². The van der Waals surface area contributed by atoms with E-state index in [9.17, 15) is 18.0 Å². The van der Waals surface area contributed by atoms with Gasteiger partial charge in [-0.2, -0.15) is 13.2 Å². The fraction of sp³-hybridized carbons (Fsp3) is 0.333. The maximum atomic E-state index is 13.7. The maximum Gasteiger partial charge on any atom is 0.420 e. The number of carbonyl (C=O) groups is 1. The number of methoxy groups -OCH3 is 1. The minimum absolute atomic E-state index is 0.0323. The van der Waals surface area contributed by atoms with E-state index in [0.29, 0.717) is 11.5 Å². The van der Waals surface area contributed by atoms with Crippen LogP contribution in [0.5, 0.6) is 0 Å². The number of hydrogen-bond acceptors (Lipinski definition) is 6. The highest BCUT2D eigenvalue weighted by Gasteiger charge is 2.48. The zero-order valence-corrected chi connectivity index (χ0v) is 18.7. The van der Waals surface area contributed by atoms with Gasteiger partial charge in [0.2, 0.25) is 5.89 Å². The zero-order chi connectivity index (χ0) is 24.3. The first-order valence-corrected chi connectivity index (χ1v) is 10.7. The van der Waals surface area contributed by atoms with Crippen LogP contribution in [0.2, 0.25) is 0 Å². The molecule has 1 fully saturated rings. The lowest BCUT2D eigenvalue weighted by atomic mass is 9.58. The molecule has 0 atom stereocenters. The maximum absolute atomic E-state index is 13.7. The van der Waals surface area contributed by atoms with Gasteiger partial charge in [-0.05, 0) is 48.6 Å². The van der Waals surface area contributed by atoms with Crippen molar-refractivity contribution in [3.05, 3.63) is 65.2 Å². The van der Waals surface area contributed by atoms with E-state index in [2.05, 4.69) is 26.8 Å². The fourth-order valence-electron chi connectivity index (χ4n) is 4.95. The predicted molar refractivity (Wildman–Crippen MR) is 116 cm³/mol. The van der Waals surface area contributed by atoms with E-state index in [-0.39, 0.29) is 22.4 Å². The van der Waals surface area contributed by atoms with Crippen LogP contribution in [0.15, 0.2) is 47.1 Å². The number of rotatable bonds is 4. The lowest BCUT2D eigenvalue weighted by Crippen LogP contribution is -2.43. The fourth-order valence-corrected chi connectivity index (χ4v) is 4.95. The molecule has 0 unspecified atom stereocenters. The van der Waals surface area contributed by atoms with Crippen molar-refractivity contribution in [1.82, 2.24) is 19.7 Å². The second kappa shape index (κ2) is 7.68. The van der Waals surface area contributed by atoms with Crippen molar-refractivity contribution in [3.8, 4) is 11.5 Å². The lowest BCUT2D eigenvalue weighted by molar-refractivity contribution is -0.136. The van der Waals surface area contributed by atoms with Crippen molar-refractivity contribution in [3.63, 3.8) is 0 Å². The summed E-state index contributed by atoms with van der Waals surface area (Å²) in [6, 6.07) is 9.36. The summed E-state index contributed by atoms with van der Waals surface area (Å²) >= 11 is 0. The van der Waals surface area contributed by atoms with E-state index in [1.807, 2.05) is 29.8 Å². The van der Waals surface area contributed by atoms with E-state index >= 15 is 0 Å². The van der Waals surface area contributed by atoms with Crippen molar-refractivity contribution >= 4 is 17.1 Å². The lowest BCUT2D eigenvalue weighted by Gasteiger charge is -2.46. The Morgan fingerprint density at radius 1 is 1.24 bits per heavy atom. The average molecular weight is 470 g/mol. The van der Waals surface area contributed by atoms with Gasteiger partial charge in [-0.25, -0.2) is 9.78 Å². The molecule has 0 spiro atoms. The van der Waals surface area contributed by atoms with Crippen molar-refractivity contribution in [2.45, 2.75) is 31.4 Å². The number of oxazole rings is 1. The van der Waals surface area contributed by atoms with Crippen LogP contribution in [0.25, 0.3) is 22.6 Å². The quantitative estimate of drug-likeness (QED) is 0.384. The minimum Gasteiger partial charge on any atom is -0.465 e. The first-order valence-electron chi connectivity index (χ1n) is 10.7. The molecule has 5 rings (SSSR count). The predicted octanol–water partition coefficient (Wildman–Crippen LogP) is 5.14. The molecule has 0 N–H and O–H groups in total. The van der Waals surface area contributed by atoms with Crippen molar-refractivity contribution < 1.29 is 27.1 Å². The highest BCUT2D eigenvalue weighted by atomic mass is 19.4. The Morgan fingerprint density at radius 3 is 2.62 bits per heavy atom. The molecule has 10 heteroatoms. The van der Waals surface area contributed by atoms with Gasteiger partial charge in [-0.1, -0.05) is 19.1 Å². The Balaban J connectivity index is 1.64. The number of aryl methyl sites for hydroxylation is 1. The first-order chi connectivity index (χ1) is 16.1. The molecule has 0 bridgehead atoms. The number of nitrogens with zero attached hydrogens (tertiary/aromatic N) is 4. The van der Waals surface area contributed by atoms with Gasteiger partial charge in [0.1, 0.15) is 23.2 Å². The first kappa shape index (κ1) is 22.1. The second-order valence-electron chi connectivity index (χ2n) is 8.82. The third kappa shape index (κ3) is 3.44. The number of hydrogen-bond donors (Lipinski definition) is 0. The summed E-state index contributed by atoms with van der Waals surface area (Å²) in [4.78, 5) is 16.2. The van der Waals surface area contributed by atoms with Gasteiger partial charge < -0.3 is 13.7 Å². The Bertz CT molecular complexity index is 1400. The molecule has 34 heavy (non-hydrogen) atoms. The van der Waals surface area contributed by atoms with Crippen LogP contribution < -0.4 is 0 Å². The van der Waals surface area contributed by atoms with Gasteiger partial charge in [0.05, 0.1) is 18.1 Å². The number of fused-ring (bicyclic) bond motifs is 1. The molecule has 1 aliphatic carbocycles. The third-order valence-electron chi connectivity index (χ3n) is 6.41. The minimum atomic E-state index is -4.74. The number of halogens is 3. The molecule has 0 amide bonds. The van der Waals surface area contributed by atoms with E-state index in [1.54, 1.807) is 12.4 Å². The average Bonchev–Trinajstić information content (AvgIpc) is 3.41. The van der Waals surface area contributed by atoms with E-state index < -0.39 is 23.3 Å². The smallest absolute Gasteiger partial charge is 0.420 e. The molecule has 0 aliphatic heterocycles. The number of carbonyl (C=O) groups excluding carboxylic acids is 1. The summed E-state index contributed by atoms with van der Waals surface area (Å²) in [5.74, 6) is 0.478. The van der Waals surface area contributed by atoms with Crippen LogP contribution in [0.1, 0.15) is 47.1 Å². The molecule has 2 aromatic heterocycles. The monoisotopic (exact) mass is 470 g/mol. The molecular formula is C24H21F3N4O3. The summed E-state index contributed by atoms with van der Waals surface area (Å²) in [5, 5.41) is 8.37. The molecule has 1 aliphatic rings. The van der Waals surface area contributed by atoms with Gasteiger partial charge in [0.15, 0.2) is 5.58 Å². The van der Waals surface area contributed by atoms with E-state index in [4.69, 9.17) is 4.42 Å². The van der Waals surface area contributed by atoms with Crippen molar-refractivity contribution in [2.75, 3.05) is 7.11 Å². The molecule has 2 heterocycles. The molecule has 1 saturated carbocycles. The number of esters is 1. The van der Waals surface area contributed by atoms with Gasteiger partial charge >= 0.3 is 12.1 Å². The normalized spacial score (nSPS) is 20.4. The van der Waals surface area contributed by atoms with Gasteiger partial charge in [-0.3, -0.25) is 0 Å². The Hall–Kier alpha value is -3.69. The van der Waals surface area contributed by atoms with Crippen LogP contribution in [-0.2, 0) is 23.4 Å². The zero-order valence-electron chi connectivity index (χ0n) is 18.7. The molecule has 0 radical (unpaired) electrons. The summed E-state index contributed by atoms with van der Waals surface area (Å²) in [6.07, 6.45) is -1.34. The summed E-state index contributed by atoms with van der Waals surface area (Å²) in [6.45, 7) is 2.16. The highest BCUT2D eigenvalue weighted by molar-refractivity contribution is 5.95. The highest BCUT2D eigenvalue weighted by Crippen LogP contribution is 2.52. The van der Waals surface area contributed by atoms with Crippen LogP contribution in [0.3, 0.4) is 0 Å². The standard InChI is InChI=1S/C24H21F3N4O3/c1-13-10-23(11-13,22-30-28-12-31(22)2)16-6-4-5-14(7-16)20-29-18-9-15(21(32)33-3)8-17(19(18)34-20)24(25,26)27/h4-9,12-13H,10-11H2,1-3H3/t13-,23+. The Morgan fingerprint density at radius 2 is 2.00 bits per heavy atom. The van der Waals surface area contributed by atoms with Gasteiger partial charge in [0, 0.05) is 12.6 Å². The van der Waals surface area contributed by atoms with Crippen LogP contribution in [0.4, 0.5) is 13.2 Å². The van der Waals surface area contributed by atoms with E-state index in [0.717, 1.165) is 37.4 Å². The SMILES string of the molecule is COC(=O)c1cc(C(F)(F)F)c2oc(-c3cccc([C@]4(c5nncn5C)C[C@@H](C)C4)c3)nc2c1. The van der Waals surface area contributed by atoms with Crippen LogP contribution in [-0.4, -0.2) is 32.8 Å². The molecule has 0 saturated heterocycles. The van der Waals surface area contributed by atoms with Crippen LogP contribution >= 0.6 is 0 Å². The number of alkyl halides is 3. The molecule has 7 nitrogen and oxygen atoms in total. The van der Waals surface area contributed by atoms with Gasteiger partial charge in [0.25, 0.3) is 0 Å². The largest absolute Gasteiger partial charge is 0.465 e. The molecule has 4 aromatic rings.